The molecule has 2 amide bonds. The van der Waals surface area contributed by atoms with Gasteiger partial charge in [0.2, 0.25) is 5.91 Å². The quantitative estimate of drug-likeness (QED) is 0.410. The topological polar surface area (TPSA) is 118 Å². The van der Waals surface area contributed by atoms with Crippen LogP contribution in [0, 0.1) is 0 Å². The Balaban J connectivity index is 1.35. The molecule has 0 radical (unpaired) electrons. The van der Waals surface area contributed by atoms with Crippen molar-refractivity contribution in [1.29, 1.82) is 0 Å². The molecule has 4 rings (SSSR count). The number of amides is 2. The van der Waals surface area contributed by atoms with Crippen LogP contribution in [0.5, 0.6) is 0 Å². The first-order valence-electron chi connectivity index (χ1n) is 11.6. The molecule has 3 aromatic rings. The number of fused-ring (bicyclic) bond motifs is 3. The zero-order valence-corrected chi connectivity index (χ0v) is 19.4. The van der Waals surface area contributed by atoms with E-state index in [2.05, 4.69) is 39.9 Å². The molecule has 8 nitrogen and oxygen atoms in total. The number of aromatic carboxylic acids is 1. The highest BCUT2D eigenvalue weighted by Crippen LogP contribution is 2.44. The molecule has 0 unspecified atom stereocenters. The van der Waals surface area contributed by atoms with E-state index in [0.717, 1.165) is 28.7 Å². The lowest BCUT2D eigenvalue weighted by molar-refractivity contribution is -0.116. The van der Waals surface area contributed by atoms with Gasteiger partial charge in [-0.15, -0.1) is 0 Å². The van der Waals surface area contributed by atoms with Crippen LogP contribution in [0.25, 0.3) is 11.1 Å². The summed E-state index contributed by atoms with van der Waals surface area (Å²) in [6.07, 6.45) is 3.37. The molecule has 0 aliphatic heterocycles. The summed E-state index contributed by atoms with van der Waals surface area (Å²) in [6.45, 7) is 2.16. The summed E-state index contributed by atoms with van der Waals surface area (Å²) < 4.78 is 5.60. The van der Waals surface area contributed by atoms with Gasteiger partial charge in [0, 0.05) is 24.6 Å². The van der Waals surface area contributed by atoms with E-state index in [4.69, 9.17) is 9.84 Å². The number of benzene rings is 2. The van der Waals surface area contributed by atoms with Gasteiger partial charge in [0.05, 0.1) is 17.4 Å². The maximum Gasteiger partial charge on any atom is 0.407 e. The monoisotopic (exact) mass is 473 g/mol. The molecule has 0 saturated carbocycles. The summed E-state index contributed by atoms with van der Waals surface area (Å²) in [7, 11) is 0. The van der Waals surface area contributed by atoms with Crippen molar-refractivity contribution in [3.63, 3.8) is 0 Å². The van der Waals surface area contributed by atoms with Crippen LogP contribution in [-0.4, -0.2) is 40.7 Å². The first-order chi connectivity index (χ1) is 17.0. The van der Waals surface area contributed by atoms with E-state index in [-0.39, 0.29) is 36.1 Å². The molecule has 1 heterocycles. The summed E-state index contributed by atoms with van der Waals surface area (Å²) in [5.74, 6) is -1.53. The van der Waals surface area contributed by atoms with Gasteiger partial charge in [0.15, 0.2) is 0 Å². The minimum Gasteiger partial charge on any atom is -0.478 e. The number of pyridine rings is 1. The molecule has 1 atom stereocenters. The van der Waals surface area contributed by atoms with Crippen LogP contribution in [0.4, 0.5) is 10.5 Å². The van der Waals surface area contributed by atoms with E-state index < -0.39 is 18.1 Å². The van der Waals surface area contributed by atoms with Gasteiger partial charge in [-0.25, -0.2) is 9.59 Å². The van der Waals surface area contributed by atoms with E-state index in [0.29, 0.717) is 6.42 Å². The number of aromatic nitrogens is 1. The molecule has 1 aliphatic carbocycles. The Morgan fingerprint density at radius 3 is 2.31 bits per heavy atom. The molecular formula is C27H27N3O5. The molecule has 180 valence electrons. The number of alkyl carbamates (subject to hydrolysis) is 1. The summed E-state index contributed by atoms with van der Waals surface area (Å²) in [4.78, 5) is 40.1. The third-order valence-corrected chi connectivity index (χ3v) is 6.00. The Hall–Kier alpha value is -4.20. The number of carboxylic acids is 1. The molecule has 1 aromatic heterocycles. The highest BCUT2D eigenvalue weighted by molar-refractivity contribution is 5.93. The fourth-order valence-electron chi connectivity index (χ4n) is 4.44. The molecule has 1 aliphatic rings. The Bertz CT molecular complexity index is 1200. The molecule has 0 spiro atoms. The summed E-state index contributed by atoms with van der Waals surface area (Å²) in [6, 6.07) is 17.1. The lowest BCUT2D eigenvalue weighted by Crippen LogP contribution is -2.38. The normalized spacial score (nSPS) is 12.8. The van der Waals surface area contributed by atoms with Crippen molar-refractivity contribution in [2.75, 3.05) is 11.9 Å². The number of nitrogens with one attached hydrogen (secondary N) is 2. The van der Waals surface area contributed by atoms with Gasteiger partial charge in [-0.1, -0.05) is 61.9 Å². The van der Waals surface area contributed by atoms with Crippen molar-refractivity contribution < 1.29 is 24.2 Å². The van der Waals surface area contributed by atoms with Crippen molar-refractivity contribution in [3.05, 3.63) is 83.7 Å². The predicted octanol–water partition coefficient (Wildman–Crippen LogP) is 4.82. The third kappa shape index (κ3) is 5.66. The van der Waals surface area contributed by atoms with Crippen molar-refractivity contribution >= 4 is 23.7 Å². The van der Waals surface area contributed by atoms with E-state index in [1.807, 2.05) is 31.2 Å². The molecule has 8 heteroatoms. The average Bonchev–Trinajstić information content (AvgIpc) is 3.16. The standard InChI is InChI=1S/C27H27N3O5/c1-2-7-18(13-25(31)29-19-12-17(26(32)33)14-28-15-19)30-27(34)35-16-24-22-10-5-3-8-20(22)21-9-4-6-11-23(21)24/h3-6,8-12,14-15,18,24H,2,7,13,16H2,1H3,(H,29,31)(H,30,34)(H,32,33)/t18-/m1/s1. The Kier molecular flexibility index (Phi) is 7.40. The zero-order chi connectivity index (χ0) is 24.8. The van der Waals surface area contributed by atoms with Crippen LogP contribution in [0.2, 0.25) is 0 Å². The van der Waals surface area contributed by atoms with Crippen molar-refractivity contribution in [3.8, 4) is 11.1 Å². The first-order valence-corrected chi connectivity index (χ1v) is 11.6. The number of anilines is 1. The van der Waals surface area contributed by atoms with Crippen LogP contribution in [0.3, 0.4) is 0 Å². The number of carbonyl (C=O) groups is 3. The third-order valence-electron chi connectivity index (χ3n) is 6.00. The van der Waals surface area contributed by atoms with Gasteiger partial charge in [0.25, 0.3) is 0 Å². The smallest absolute Gasteiger partial charge is 0.407 e. The highest BCUT2D eigenvalue weighted by Gasteiger charge is 2.29. The number of hydrogen-bond acceptors (Lipinski definition) is 5. The second-order valence-corrected chi connectivity index (χ2v) is 8.48. The molecule has 0 bridgehead atoms. The van der Waals surface area contributed by atoms with Crippen LogP contribution >= 0.6 is 0 Å². The largest absolute Gasteiger partial charge is 0.478 e. The lowest BCUT2D eigenvalue weighted by Gasteiger charge is -2.19. The highest BCUT2D eigenvalue weighted by atomic mass is 16.5. The summed E-state index contributed by atoms with van der Waals surface area (Å²) >= 11 is 0. The molecule has 35 heavy (non-hydrogen) atoms. The predicted molar refractivity (Wildman–Crippen MR) is 131 cm³/mol. The maximum absolute atomic E-state index is 12.6. The number of carboxylic acid groups (broad SMARTS) is 1. The average molecular weight is 474 g/mol. The lowest BCUT2D eigenvalue weighted by atomic mass is 9.98. The number of hydrogen-bond donors (Lipinski definition) is 3. The van der Waals surface area contributed by atoms with Crippen molar-refractivity contribution in [1.82, 2.24) is 10.3 Å². The molecule has 0 fully saturated rings. The zero-order valence-electron chi connectivity index (χ0n) is 19.4. The molecule has 0 saturated heterocycles. The Morgan fingerprint density at radius 2 is 1.69 bits per heavy atom. The van der Waals surface area contributed by atoms with Crippen LogP contribution in [0.1, 0.15) is 53.6 Å². The van der Waals surface area contributed by atoms with E-state index in [1.54, 1.807) is 0 Å². The second-order valence-electron chi connectivity index (χ2n) is 8.48. The van der Waals surface area contributed by atoms with Crippen LogP contribution in [0.15, 0.2) is 67.0 Å². The van der Waals surface area contributed by atoms with Gasteiger partial charge < -0.3 is 20.5 Å². The van der Waals surface area contributed by atoms with E-state index in [9.17, 15) is 14.4 Å². The molecule has 2 aromatic carbocycles. The Morgan fingerprint density at radius 1 is 1.03 bits per heavy atom. The summed E-state index contributed by atoms with van der Waals surface area (Å²) in [5.41, 5.74) is 4.82. The SMILES string of the molecule is CCC[C@H](CC(=O)Nc1cncc(C(=O)O)c1)NC(=O)OCC1c2ccccc2-c2ccccc21. The Labute approximate surface area is 203 Å². The van der Waals surface area contributed by atoms with Crippen LogP contribution in [-0.2, 0) is 9.53 Å². The molecule has 3 N–H and O–H groups in total. The van der Waals surface area contributed by atoms with Crippen molar-refractivity contribution in [2.24, 2.45) is 0 Å². The van der Waals surface area contributed by atoms with Gasteiger partial charge in [-0.05, 0) is 34.7 Å². The fraction of sp³-hybridized carbons (Fsp3) is 0.259. The first kappa shape index (κ1) is 23.9. The number of rotatable bonds is 9. The van der Waals surface area contributed by atoms with Gasteiger partial charge in [-0.2, -0.15) is 0 Å². The van der Waals surface area contributed by atoms with Crippen LogP contribution < -0.4 is 10.6 Å². The number of carbonyl (C=O) groups excluding carboxylic acids is 2. The van der Waals surface area contributed by atoms with Crippen molar-refractivity contribution in [2.45, 2.75) is 38.1 Å². The van der Waals surface area contributed by atoms with E-state index >= 15 is 0 Å². The number of nitrogens with zero attached hydrogens (tertiary/aromatic N) is 1. The maximum atomic E-state index is 12.6. The number of ether oxygens (including phenoxy) is 1. The second kappa shape index (κ2) is 10.8. The summed E-state index contributed by atoms with van der Waals surface area (Å²) in [5, 5.41) is 14.5. The van der Waals surface area contributed by atoms with E-state index in [1.165, 1.54) is 18.5 Å². The fourth-order valence-corrected chi connectivity index (χ4v) is 4.44. The van der Waals surface area contributed by atoms with Gasteiger partial charge in [-0.3, -0.25) is 9.78 Å². The van der Waals surface area contributed by atoms with Gasteiger partial charge in [0.1, 0.15) is 6.61 Å². The minimum atomic E-state index is -1.13. The minimum absolute atomic E-state index is 0.0231. The van der Waals surface area contributed by atoms with Gasteiger partial charge >= 0.3 is 12.1 Å². The molecular weight excluding hydrogens is 446 g/mol.